The summed E-state index contributed by atoms with van der Waals surface area (Å²) in [5.41, 5.74) is 10.7. The number of benzene rings is 2. The molecule has 0 bridgehead atoms. The van der Waals surface area contributed by atoms with Gasteiger partial charge in [-0.1, -0.05) is 41.9 Å². The van der Waals surface area contributed by atoms with Crippen molar-refractivity contribution in [2.45, 2.75) is 32.4 Å². The molecule has 1 amide bonds. The van der Waals surface area contributed by atoms with E-state index < -0.39 is 0 Å². The second kappa shape index (κ2) is 7.29. The molecule has 1 fully saturated rings. The second-order valence-electron chi connectivity index (χ2n) is 7.18. The summed E-state index contributed by atoms with van der Waals surface area (Å²) in [6.07, 6.45) is 1.81. The van der Waals surface area contributed by atoms with E-state index in [1.807, 2.05) is 30.3 Å². The van der Waals surface area contributed by atoms with Crippen LogP contribution in [0.5, 0.6) is 0 Å². The molecule has 0 radical (unpaired) electrons. The van der Waals surface area contributed by atoms with Gasteiger partial charge in [-0.25, -0.2) is 4.98 Å². The van der Waals surface area contributed by atoms with Gasteiger partial charge in [-0.2, -0.15) is 0 Å². The topological polar surface area (TPSA) is 59.2 Å². The molecule has 0 unspecified atom stereocenters. The van der Waals surface area contributed by atoms with Crippen molar-refractivity contribution in [3.63, 3.8) is 0 Å². The van der Waals surface area contributed by atoms with Gasteiger partial charge in [0.15, 0.2) is 0 Å². The van der Waals surface area contributed by atoms with Gasteiger partial charge in [0.05, 0.1) is 17.3 Å². The minimum atomic E-state index is -0.249. The summed E-state index contributed by atoms with van der Waals surface area (Å²) >= 11 is 6.23. The first-order chi connectivity index (χ1) is 13.0. The number of primary amides is 1. The molecule has 3 aromatic rings. The Balaban J connectivity index is 1.84. The minimum absolute atomic E-state index is 0.203. The largest absolute Gasteiger partial charge is 0.368 e. The van der Waals surface area contributed by atoms with Gasteiger partial charge < -0.3 is 5.73 Å². The van der Waals surface area contributed by atoms with E-state index in [0.29, 0.717) is 11.6 Å². The van der Waals surface area contributed by atoms with Crippen LogP contribution < -0.4 is 5.73 Å². The van der Waals surface area contributed by atoms with Crippen LogP contribution in [0.3, 0.4) is 0 Å². The van der Waals surface area contributed by atoms with Gasteiger partial charge in [0.25, 0.3) is 0 Å². The van der Waals surface area contributed by atoms with Crippen LogP contribution in [-0.2, 0) is 11.3 Å². The number of carbonyl (C=O) groups excluding carboxylic acids is 1. The number of rotatable bonds is 4. The summed E-state index contributed by atoms with van der Waals surface area (Å²) < 4.78 is 0. The maximum atomic E-state index is 11.8. The molecule has 1 aromatic heterocycles. The average molecular weight is 380 g/mol. The van der Waals surface area contributed by atoms with Crippen LogP contribution >= 0.6 is 11.6 Å². The Bertz CT molecular complexity index is 1020. The zero-order valence-corrected chi connectivity index (χ0v) is 16.0. The molecule has 1 atom stereocenters. The molecule has 0 saturated carbocycles. The number of hydrogen-bond acceptors (Lipinski definition) is 3. The van der Waals surface area contributed by atoms with Gasteiger partial charge in [0.2, 0.25) is 5.91 Å². The van der Waals surface area contributed by atoms with E-state index in [1.54, 1.807) is 0 Å². The number of nitrogens with zero attached hydrogens (tertiary/aromatic N) is 2. The van der Waals surface area contributed by atoms with E-state index >= 15 is 0 Å². The first-order valence-electron chi connectivity index (χ1n) is 9.21. The summed E-state index contributed by atoms with van der Waals surface area (Å²) in [5.74, 6) is -0.249. The lowest BCUT2D eigenvalue weighted by Crippen LogP contribution is -2.39. The first-order valence-corrected chi connectivity index (χ1v) is 9.59. The van der Waals surface area contributed by atoms with E-state index in [0.717, 1.165) is 52.7 Å². The highest BCUT2D eigenvalue weighted by Crippen LogP contribution is 2.31. The first kappa shape index (κ1) is 18.0. The normalized spacial score (nSPS) is 17.5. The summed E-state index contributed by atoms with van der Waals surface area (Å²) in [6, 6.07) is 15.9. The maximum absolute atomic E-state index is 11.8. The number of aryl methyl sites for hydroxylation is 1. The number of fused-ring (bicyclic) bond motifs is 1. The molecular formula is C22H22ClN3O. The van der Waals surface area contributed by atoms with Crippen molar-refractivity contribution in [2.24, 2.45) is 5.73 Å². The van der Waals surface area contributed by atoms with Crippen molar-refractivity contribution in [3.05, 3.63) is 64.7 Å². The van der Waals surface area contributed by atoms with Crippen LogP contribution in [0.2, 0.25) is 5.02 Å². The molecule has 1 aliphatic heterocycles. The fourth-order valence-electron chi connectivity index (χ4n) is 3.95. The Morgan fingerprint density at radius 1 is 1.26 bits per heavy atom. The van der Waals surface area contributed by atoms with Gasteiger partial charge in [-0.15, -0.1) is 0 Å². The maximum Gasteiger partial charge on any atom is 0.234 e. The molecule has 0 aliphatic carbocycles. The third kappa shape index (κ3) is 3.55. The Labute approximate surface area is 164 Å². The molecule has 2 heterocycles. The Morgan fingerprint density at radius 3 is 2.85 bits per heavy atom. The number of nitrogens with two attached hydrogens (primary N) is 1. The lowest BCUT2D eigenvalue weighted by atomic mass is 10.0. The van der Waals surface area contributed by atoms with Gasteiger partial charge in [0.1, 0.15) is 0 Å². The van der Waals surface area contributed by atoms with Crippen LogP contribution in [0.4, 0.5) is 0 Å². The van der Waals surface area contributed by atoms with Gasteiger partial charge in [-0.05, 0) is 55.6 Å². The molecule has 0 spiro atoms. The smallest absolute Gasteiger partial charge is 0.234 e. The third-order valence-corrected chi connectivity index (χ3v) is 5.53. The summed E-state index contributed by atoms with van der Waals surface area (Å²) in [7, 11) is 0. The summed E-state index contributed by atoms with van der Waals surface area (Å²) in [4.78, 5) is 19.0. The lowest BCUT2D eigenvalue weighted by Gasteiger charge is -2.23. The number of halogens is 1. The van der Waals surface area contributed by atoms with Crippen molar-refractivity contribution in [2.75, 3.05) is 6.54 Å². The van der Waals surface area contributed by atoms with E-state index in [4.69, 9.17) is 22.3 Å². The summed E-state index contributed by atoms with van der Waals surface area (Å²) in [6.45, 7) is 3.58. The zero-order valence-electron chi connectivity index (χ0n) is 15.3. The monoisotopic (exact) mass is 379 g/mol. The zero-order chi connectivity index (χ0) is 19.0. The molecule has 27 heavy (non-hydrogen) atoms. The van der Waals surface area contributed by atoms with Crippen molar-refractivity contribution in [1.29, 1.82) is 0 Å². The number of aromatic nitrogens is 1. The SMILES string of the molecule is Cc1cccc2cc(CN3CCC[C@H]3C(N)=O)c(-c3cccc(Cl)c3)nc12. The van der Waals surface area contributed by atoms with Gasteiger partial charge >= 0.3 is 0 Å². The van der Waals surface area contributed by atoms with Crippen LogP contribution in [-0.4, -0.2) is 28.4 Å². The van der Waals surface area contributed by atoms with Crippen molar-refractivity contribution >= 4 is 28.4 Å². The molecule has 4 rings (SSSR count). The molecule has 2 N–H and O–H groups in total. The number of para-hydroxylation sites is 1. The van der Waals surface area contributed by atoms with Crippen LogP contribution in [0.1, 0.15) is 24.0 Å². The Morgan fingerprint density at radius 2 is 2.07 bits per heavy atom. The number of pyridine rings is 1. The highest BCUT2D eigenvalue weighted by atomic mass is 35.5. The molecule has 1 saturated heterocycles. The van der Waals surface area contributed by atoms with Gasteiger partial charge in [0, 0.05) is 22.5 Å². The fraction of sp³-hybridized carbons (Fsp3) is 0.273. The lowest BCUT2D eigenvalue weighted by molar-refractivity contribution is -0.122. The van der Waals surface area contributed by atoms with Crippen molar-refractivity contribution in [1.82, 2.24) is 9.88 Å². The van der Waals surface area contributed by atoms with Gasteiger partial charge in [-0.3, -0.25) is 9.69 Å². The molecule has 5 heteroatoms. The van der Waals surface area contributed by atoms with E-state index in [2.05, 4.69) is 30.0 Å². The Hall–Kier alpha value is -2.43. The number of hydrogen-bond donors (Lipinski definition) is 1. The molecule has 4 nitrogen and oxygen atoms in total. The standard InChI is InChI=1S/C22H22ClN3O/c1-14-5-2-6-15-11-17(13-26-10-4-9-19(26)22(24)27)21(25-20(14)15)16-7-3-8-18(23)12-16/h2-3,5-8,11-12,19H,4,9-10,13H2,1H3,(H2,24,27)/t19-/m0/s1. The number of likely N-dealkylation sites (tertiary alicyclic amines) is 1. The van der Waals surface area contributed by atoms with Crippen LogP contribution in [0.25, 0.3) is 22.2 Å². The Kier molecular flexibility index (Phi) is 4.85. The summed E-state index contributed by atoms with van der Waals surface area (Å²) in [5, 5.41) is 1.78. The van der Waals surface area contributed by atoms with Crippen LogP contribution in [0, 0.1) is 6.92 Å². The second-order valence-corrected chi connectivity index (χ2v) is 7.62. The predicted molar refractivity (Wildman–Crippen MR) is 110 cm³/mol. The highest BCUT2D eigenvalue weighted by molar-refractivity contribution is 6.30. The molecular weight excluding hydrogens is 358 g/mol. The van der Waals surface area contributed by atoms with E-state index in [9.17, 15) is 4.79 Å². The third-order valence-electron chi connectivity index (χ3n) is 5.29. The van der Waals surface area contributed by atoms with Crippen molar-refractivity contribution < 1.29 is 4.79 Å². The van der Waals surface area contributed by atoms with Crippen LogP contribution in [0.15, 0.2) is 48.5 Å². The van der Waals surface area contributed by atoms with E-state index in [-0.39, 0.29) is 11.9 Å². The average Bonchev–Trinajstić information content (AvgIpc) is 3.10. The highest BCUT2D eigenvalue weighted by Gasteiger charge is 2.29. The predicted octanol–water partition coefficient (Wildman–Crippen LogP) is 4.31. The van der Waals surface area contributed by atoms with E-state index in [1.165, 1.54) is 0 Å². The molecule has 138 valence electrons. The number of carbonyl (C=O) groups is 1. The number of amides is 1. The quantitative estimate of drug-likeness (QED) is 0.734. The fourth-order valence-corrected chi connectivity index (χ4v) is 4.14. The molecule has 2 aromatic carbocycles. The minimum Gasteiger partial charge on any atom is -0.368 e. The molecule has 1 aliphatic rings. The van der Waals surface area contributed by atoms with Crippen molar-refractivity contribution in [3.8, 4) is 11.3 Å².